The molecular weight excluding hydrogens is 573 g/mol. The molecule has 2 unspecified atom stereocenters. The molecule has 11 heteroatoms. The minimum Gasteiger partial charge on any atom is -0.351 e. The first kappa shape index (κ1) is 27.5. The normalized spacial score (nSPS) is 17.4. The minimum atomic E-state index is -3.41. The van der Waals surface area contributed by atoms with Gasteiger partial charge in [-0.1, -0.05) is 29.3 Å². The van der Waals surface area contributed by atoms with Crippen molar-refractivity contribution in [3.8, 4) is 5.69 Å². The van der Waals surface area contributed by atoms with Gasteiger partial charge in [-0.2, -0.15) is 0 Å². The second-order valence-electron chi connectivity index (χ2n) is 9.63. The number of aryl methyl sites for hydroxylation is 2. The number of benzene rings is 2. The zero-order valence-electron chi connectivity index (χ0n) is 21.7. The number of aromatic nitrogens is 2. The van der Waals surface area contributed by atoms with Crippen LogP contribution in [0, 0.1) is 20.8 Å². The van der Waals surface area contributed by atoms with Crippen molar-refractivity contribution in [2.24, 2.45) is 0 Å². The lowest BCUT2D eigenvalue weighted by atomic mass is 9.96. The maximum absolute atomic E-state index is 11.8. The molecule has 0 saturated carbocycles. The quantitative estimate of drug-likeness (QED) is 0.241. The number of nitrogens with one attached hydrogen (secondary N) is 2. The highest BCUT2D eigenvalue weighted by atomic mass is 35.5. The second-order valence-corrected chi connectivity index (χ2v) is 12.6. The van der Waals surface area contributed by atoms with Crippen LogP contribution >= 0.6 is 35.4 Å². The first-order chi connectivity index (χ1) is 18.4. The number of rotatable bonds is 6. The number of thiocarbonyl (C=S) groups is 1. The molecule has 39 heavy (non-hydrogen) atoms. The first-order valence-corrected chi connectivity index (χ1v) is 15.2. The molecule has 1 fully saturated rings. The molecule has 2 N–H and O–H groups in total. The first-order valence-electron chi connectivity index (χ1n) is 12.2. The highest BCUT2D eigenvalue weighted by Crippen LogP contribution is 2.44. The fourth-order valence-electron chi connectivity index (χ4n) is 5.18. The van der Waals surface area contributed by atoms with Crippen LogP contribution < -0.4 is 14.9 Å². The third-order valence-electron chi connectivity index (χ3n) is 6.82. The van der Waals surface area contributed by atoms with Crippen LogP contribution in [0.25, 0.3) is 5.69 Å². The summed E-state index contributed by atoms with van der Waals surface area (Å²) in [5, 5.41) is 5.16. The third kappa shape index (κ3) is 5.36. The van der Waals surface area contributed by atoms with Crippen molar-refractivity contribution in [1.82, 2.24) is 14.9 Å². The van der Waals surface area contributed by atoms with Crippen LogP contribution in [0.2, 0.25) is 10.0 Å². The van der Waals surface area contributed by atoms with Gasteiger partial charge in [-0.05, 0) is 98.7 Å². The van der Waals surface area contributed by atoms with Gasteiger partial charge in [0, 0.05) is 28.3 Å². The molecule has 1 saturated heterocycles. The number of sulfonamides is 1. The second kappa shape index (κ2) is 10.5. The lowest BCUT2D eigenvalue weighted by molar-refractivity contribution is 0.565. The number of anilines is 2. The number of hydrogen-bond acceptors (Lipinski definition) is 4. The molecule has 0 bridgehead atoms. The zero-order valence-corrected chi connectivity index (χ0v) is 24.9. The highest BCUT2D eigenvalue weighted by Gasteiger charge is 2.42. The van der Waals surface area contributed by atoms with Crippen LogP contribution in [-0.4, -0.2) is 29.3 Å². The minimum absolute atomic E-state index is 0.234. The van der Waals surface area contributed by atoms with Gasteiger partial charge in [0.1, 0.15) is 0 Å². The lowest BCUT2D eigenvalue weighted by Crippen LogP contribution is -2.29. The topological polar surface area (TPSA) is 79.3 Å². The van der Waals surface area contributed by atoms with Gasteiger partial charge >= 0.3 is 0 Å². The predicted octanol–water partition coefficient (Wildman–Crippen LogP) is 6.65. The summed E-state index contributed by atoms with van der Waals surface area (Å²) in [4.78, 5) is 6.71. The molecule has 0 amide bonds. The molecule has 0 aliphatic carbocycles. The Kier molecular flexibility index (Phi) is 7.37. The van der Waals surface area contributed by atoms with Crippen molar-refractivity contribution in [1.29, 1.82) is 0 Å². The van der Waals surface area contributed by atoms with Crippen LogP contribution in [0.3, 0.4) is 0 Å². The van der Waals surface area contributed by atoms with Crippen molar-refractivity contribution in [2.45, 2.75) is 32.9 Å². The number of pyridine rings is 1. The van der Waals surface area contributed by atoms with Crippen LogP contribution in [0.5, 0.6) is 0 Å². The molecule has 2 aromatic heterocycles. The number of halogens is 2. The van der Waals surface area contributed by atoms with Gasteiger partial charge in [0.15, 0.2) is 5.11 Å². The summed E-state index contributed by atoms with van der Waals surface area (Å²) in [6.45, 7) is 5.97. The van der Waals surface area contributed by atoms with Gasteiger partial charge in [-0.3, -0.25) is 9.71 Å². The van der Waals surface area contributed by atoms with Gasteiger partial charge in [0.05, 0.1) is 40.4 Å². The summed E-state index contributed by atoms with van der Waals surface area (Å²) in [5.41, 5.74) is 6.89. The predicted molar refractivity (Wildman–Crippen MR) is 163 cm³/mol. The standard InChI is InChI=1S/C28H27Cl2N5O2S2/c1-16-13-20(9-10-23(16)33-39(4,36)37)35-27(26(32-28(35)38)24-7-5-6-12-31-24)21-14-17(2)34(18(21)3)25-11-8-19(29)15-22(25)30/h5-15,26-27,33H,1-4H3,(H,32,38). The lowest BCUT2D eigenvalue weighted by Gasteiger charge is -2.29. The monoisotopic (exact) mass is 599 g/mol. The summed E-state index contributed by atoms with van der Waals surface area (Å²) >= 11 is 18.7. The molecule has 0 radical (unpaired) electrons. The average Bonchev–Trinajstić information content (AvgIpc) is 3.36. The van der Waals surface area contributed by atoms with Gasteiger partial charge in [-0.25, -0.2) is 8.42 Å². The van der Waals surface area contributed by atoms with E-state index in [9.17, 15) is 8.42 Å². The maximum atomic E-state index is 11.8. The molecule has 2 aromatic carbocycles. The Bertz CT molecular complexity index is 1690. The fourth-order valence-corrected chi connectivity index (χ4v) is 6.65. The molecule has 0 spiro atoms. The summed E-state index contributed by atoms with van der Waals surface area (Å²) in [5.74, 6) is 0. The van der Waals surface area contributed by atoms with Crippen molar-refractivity contribution < 1.29 is 8.42 Å². The molecule has 1 aliphatic rings. The third-order valence-corrected chi connectivity index (χ3v) is 8.26. The van der Waals surface area contributed by atoms with E-state index in [1.807, 2.05) is 56.3 Å². The summed E-state index contributed by atoms with van der Waals surface area (Å²) in [6.07, 6.45) is 2.91. The summed E-state index contributed by atoms with van der Waals surface area (Å²) < 4.78 is 28.4. The molecule has 1 aliphatic heterocycles. The number of nitrogens with zero attached hydrogens (tertiary/aromatic N) is 3. The largest absolute Gasteiger partial charge is 0.351 e. The zero-order chi connectivity index (χ0) is 28.1. The van der Waals surface area contributed by atoms with Crippen LogP contribution in [0.15, 0.2) is 66.9 Å². The average molecular weight is 601 g/mol. The fraction of sp³-hybridized carbons (Fsp3) is 0.214. The van der Waals surface area contributed by atoms with Crippen LogP contribution in [-0.2, 0) is 10.0 Å². The Labute approximate surface area is 243 Å². The Morgan fingerprint density at radius 2 is 1.79 bits per heavy atom. The van der Waals surface area contributed by atoms with Crippen molar-refractivity contribution in [2.75, 3.05) is 15.9 Å². The molecular formula is C28H27Cl2N5O2S2. The van der Waals surface area contributed by atoms with Crippen LogP contribution in [0.1, 0.15) is 40.3 Å². The summed E-state index contributed by atoms with van der Waals surface area (Å²) in [6, 6.07) is 18.5. The van der Waals surface area contributed by atoms with E-state index >= 15 is 0 Å². The van der Waals surface area contributed by atoms with E-state index in [-0.39, 0.29) is 12.1 Å². The van der Waals surface area contributed by atoms with Crippen molar-refractivity contribution in [3.63, 3.8) is 0 Å². The molecule has 2 atom stereocenters. The van der Waals surface area contributed by atoms with E-state index in [1.165, 1.54) is 0 Å². The van der Waals surface area contributed by atoms with Crippen molar-refractivity contribution >= 4 is 61.9 Å². The van der Waals surface area contributed by atoms with Gasteiger partial charge < -0.3 is 14.8 Å². The Morgan fingerprint density at radius 3 is 2.44 bits per heavy atom. The molecule has 202 valence electrons. The SMILES string of the molecule is Cc1cc(N2C(=S)NC(c3ccccn3)C2c2cc(C)n(-c3ccc(Cl)cc3Cl)c2C)ccc1NS(C)(=O)=O. The van der Waals surface area contributed by atoms with Gasteiger partial charge in [0.25, 0.3) is 0 Å². The van der Waals surface area contributed by atoms with E-state index < -0.39 is 10.0 Å². The molecule has 7 nitrogen and oxygen atoms in total. The Morgan fingerprint density at radius 1 is 1.03 bits per heavy atom. The van der Waals surface area contributed by atoms with Gasteiger partial charge in [0.2, 0.25) is 10.0 Å². The van der Waals surface area contributed by atoms with E-state index in [0.29, 0.717) is 20.8 Å². The number of hydrogen-bond donors (Lipinski definition) is 2. The molecule has 4 aromatic rings. The van der Waals surface area contributed by atoms with E-state index in [1.54, 1.807) is 18.3 Å². The molecule has 3 heterocycles. The van der Waals surface area contributed by atoms with E-state index in [0.717, 1.165) is 45.8 Å². The van der Waals surface area contributed by atoms with Crippen LogP contribution in [0.4, 0.5) is 11.4 Å². The van der Waals surface area contributed by atoms with Crippen molar-refractivity contribution in [3.05, 3.63) is 105 Å². The highest BCUT2D eigenvalue weighted by molar-refractivity contribution is 7.92. The smallest absolute Gasteiger partial charge is 0.229 e. The van der Waals surface area contributed by atoms with Gasteiger partial charge in [-0.15, -0.1) is 0 Å². The van der Waals surface area contributed by atoms with E-state index in [4.69, 9.17) is 35.4 Å². The maximum Gasteiger partial charge on any atom is 0.229 e. The Balaban J connectivity index is 1.66. The molecule has 5 rings (SSSR count). The Hall–Kier alpha value is -3.11. The van der Waals surface area contributed by atoms with E-state index in [2.05, 4.69) is 37.5 Å². The summed E-state index contributed by atoms with van der Waals surface area (Å²) in [7, 11) is -3.41.